The Morgan fingerprint density at radius 1 is 1.19 bits per heavy atom. The number of nitrogens with one attached hydrogen (secondary N) is 2. The Morgan fingerprint density at radius 3 is 2.76 bits per heavy atom. The van der Waals surface area contributed by atoms with Crippen molar-refractivity contribution in [3.63, 3.8) is 0 Å². The molecule has 0 saturated carbocycles. The van der Waals surface area contributed by atoms with E-state index in [1.807, 2.05) is 12.1 Å². The van der Waals surface area contributed by atoms with Crippen LogP contribution in [0.1, 0.15) is 5.56 Å². The summed E-state index contributed by atoms with van der Waals surface area (Å²) in [6, 6.07) is 9.24. The zero-order chi connectivity index (χ0) is 14.9. The Balaban J connectivity index is 1.61. The third-order valence-electron chi connectivity index (χ3n) is 2.65. The molecular weight excluding hydrogens is 273 g/mol. The van der Waals surface area contributed by atoms with Gasteiger partial charge in [-0.1, -0.05) is 6.07 Å². The number of carbonyl (C=O) groups is 1. The predicted octanol–water partition coefficient (Wildman–Crippen LogP) is 2.10. The lowest BCUT2D eigenvalue weighted by atomic mass is 10.3. The topological polar surface area (TPSA) is 63.2 Å². The summed E-state index contributed by atoms with van der Waals surface area (Å²) in [7, 11) is 0. The van der Waals surface area contributed by atoms with Crippen LogP contribution in [0.2, 0.25) is 0 Å². The third kappa shape index (κ3) is 5.48. The highest BCUT2D eigenvalue weighted by Crippen LogP contribution is 2.11. The van der Waals surface area contributed by atoms with E-state index < -0.39 is 0 Å². The minimum absolute atomic E-state index is 0.270. The average Bonchev–Trinajstić information content (AvgIpc) is 2.51. The number of urea groups is 1. The predicted molar refractivity (Wildman–Crippen MR) is 76.4 cm³/mol. The Kier molecular flexibility index (Phi) is 5.51. The van der Waals surface area contributed by atoms with Gasteiger partial charge in [-0.25, -0.2) is 9.18 Å². The summed E-state index contributed by atoms with van der Waals surface area (Å²) >= 11 is 0. The number of nitrogens with zero attached hydrogens (tertiary/aromatic N) is 1. The standard InChI is InChI=1S/C15H16FN3O2/c16-13-2-1-3-14(10-13)21-9-8-18-15(20)19-11-12-4-6-17-7-5-12/h1-7,10H,8-9,11H2,(H2,18,19,20). The number of hydrogen-bond acceptors (Lipinski definition) is 3. The molecule has 0 aliphatic rings. The normalized spacial score (nSPS) is 9.95. The van der Waals surface area contributed by atoms with Gasteiger partial charge >= 0.3 is 6.03 Å². The van der Waals surface area contributed by atoms with Gasteiger partial charge in [0.15, 0.2) is 0 Å². The Morgan fingerprint density at radius 2 is 2.00 bits per heavy atom. The summed E-state index contributed by atoms with van der Waals surface area (Å²) in [6.45, 7) is 1.03. The Hall–Kier alpha value is -2.63. The van der Waals surface area contributed by atoms with Crippen LogP contribution in [0.15, 0.2) is 48.8 Å². The van der Waals surface area contributed by atoms with Gasteiger partial charge in [0.2, 0.25) is 0 Å². The van der Waals surface area contributed by atoms with E-state index in [1.165, 1.54) is 12.1 Å². The van der Waals surface area contributed by atoms with E-state index >= 15 is 0 Å². The first kappa shape index (κ1) is 14.8. The van der Waals surface area contributed by atoms with Gasteiger partial charge in [0.1, 0.15) is 18.2 Å². The molecule has 0 fully saturated rings. The van der Waals surface area contributed by atoms with Crippen LogP contribution < -0.4 is 15.4 Å². The Bertz CT molecular complexity index is 578. The monoisotopic (exact) mass is 289 g/mol. The largest absolute Gasteiger partial charge is 0.492 e. The van der Waals surface area contributed by atoms with E-state index in [2.05, 4.69) is 15.6 Å². The first-order valence-electron chi connectivity index (χ1n) is 6.53. The molecule has 2 N–H and O–H groups in total. The molecule has 1 aromatic heterocycles. The molecule has 0 bridgehead atoms. The van der Waals surface area contributed by atoms with E-state index in [4.69, 9.17) is 4.74 Å². The van der Waals surface area contributed by atoms with Gasteiger partial charge in [-0.2, -0.15) is 0 Å². The number of halogens is 1. The molecule has 0 atom stereocenters. The molecule has 21 heavy (non-hydrogen) atoms. The van der Waals surface area contributed by atoms with Crippen molar-refractivity contribution >= 4 is 6.03 Å². The van der Waals surface area contributed by atoms with E-state index in [0.717, 1.165) is 5.56 Å². The number of aromatic nitrogens is 1. The molecule has 1 heterocycles. The van der Waals surface area contributed by atoms with Gasteiger partial charge in [0.05, 0.1) is 6.54 Å². The van der Waals surface area contributed by atoms with E-state index in [1.54, 1.807) is 24.5 Å². The highest BCUT2D eigenvalue weighted by atomic mass is 19.1. The second-order valence-corrected chi connectivity index (χ2v) is 4.27. The number of ether oxygens (including phenoxy) is 1. The molecule has 0 spiro atoms. The van der Waals surface area contributed by atoms with Crippen molar-refractivity contribution in [2.45, 2.75) is 6.54 Å². The molecule has 5 nitrogen and oxygen atoms in total. The summed E-state index contributed by atoms with van der Waals surface area (Å²) in [5.74, 6) is 0.0875. The van der Waals surface area contributed by atoms with Crippen molar-refractivity contribution < 1.29 is 13.9 Å². The van der Waals surface area contributed by atoms with Crippen molar-refractivity contribution in [1.29, 1.82) is 0 Å². The molecule has 110 valence electrons. The SMILES string of the molecule is O=C(NCCOc1cccc(F)c1)NCc1ccncc1. The molecule has 0 unspecified atom stereocenters. The maximum atomic E-state index is 12.9. The van der Waals surface area contributed by atoms with Gasteiger partial charge in [-0.15, -0.1) is 0 Å². The van der Waals surface area contributed by atoms with Gasteiger partial charge in [0, 0.05) is 25.0 Å². The number of benzene rings is 1. The van der Waals surface area contributed by atoms with Gasteiger partial charge in [-0.3, -0.25) is 4.98 Å². The second-order valence-electron chi connectivity index (χ2n) is 4.27. The summed E-state index contributed by atoms with van der Waals surface area (Å²) in [6.07, 6.45) is 3.34. The quantitative estimate of drug-likeness (QED) is 0.800. The number of rotatable bonds is 6. The van der Waals surface area contributed by atoms with Crippen LogP contribution in [0.3, 0.4) is 0 Å². The lowest BCUT2D eigenvalue weighted by Crippen LogP contribution is -2.37. The van der Waals surface area contributed by atoms with Crippen LogP contribution in [0.25, 0.3) is 0 Å². The molecule has 1 aromatic carbocycles. The van der Waals surface area contributed by atoms with Crippen LogP contribution in [0.5, 0.6) is 5.75 Å². The van der Waals surface area contributed by atoms with E-state index in [9.17, 15) is 9.18 Å². The van der Waals surface area contributed by atoms with Crippen molar-refractivity contribution in [3.05, 3.63) is 60.2 Å². The van der Waals surface area contributed by atoms with Gasteiger partial charge < -0.3 is 15.4 Å². The first-order chi connectivity index (χ1) is 10.2. The molecule has 2 amide bonds. The van der Waals surface area contributed by atoms with Crippen molar-refractivity contribution in [3.8, 4) is 5.75 Å². The van der Waals surface area contributed by atoms with Crippen LogP contribution in [-0.2, 0) is 6.54 Å². The molecule has 0 aliphatic heterocycles. The third-order valence-corrected chi connectivity index (χ3v) is 2.65. The number of hydrogen-bond donors (Lipinski definition) is 2. The summed E-state index contributed by atoms with van der Waals surface area (Å²) in [5, 5.41) is 5.37. The van der Waals surface area contributed by atoms with Crippen LogP contribution >= 0.6 is 0 Å². The van der Waals surface area contributed by atoms with Gasteiger partial charge in [0.25, 0.3) is 0 Å². The zero-order valence-corrected chi connectivity index (χ0v) is 11.4. The fraction of sp³-hybridized carbons (Fsp3) is 0.200. The minimum Gasteiger partial charge on any atom is -0.492 e. The van der Waals surface area contributed by atoms with Crippen molar-refractivity contribution in [1.82, 2.24) is 15.6 Å². The highest BCUT2D eigenvalue weighted by Gasteiger charge is 2.00. The number of carbonyl (C=O) groups excluding carboxylic acids is 1. The number of pyridine rings is 1. The molecule has 0 radical (unpaired) electrons. The molecule has 6 heteroatoms. The van der Waals surface area contributed by atoms with Crippen LogP contribution in [0.4, 0.5) is 9.18 Å². The lowest BCUT2D eigenvalue weighted by Gasteiger charge is -2.09. The summed E-state index contributed by atoms with van der Waals surface area (Å²) in [5.41, 5.74) is 0.969. The molecule has 2 aromatic rings. The van der Waals surface area contributed by atoms with Crippen LogP contribution in [-0.4, -0.2) is 24.2 Å². The van der Waals surface area contributed by atoms with Gasteiger partial charge in [-0.05, 0) is 29.8 Å². The molecular formula is C15H16FN3O2. The fourth-order valence-corrected chi connectivity index (χ4v) is 1.64. The molecule has 2 rings (SSSR count). The fourth-order valence-electron chi connectivity index (χ4n) is 1.64. The highest BCUT2D eigenvalue weighted by molar-refractivity contribution is 5.73. The van der Waals surface area contributed by atoms with Crippen LogP contribution in [0, 0.1) is 5.82 Å². The van der Waals surface area contributed by atoms with E-state index in [0.29, 0.717) is 18.8 Å². The first-order valence-corrected chi connectivity index (χ1v) is 6.53. The van der Waals surface area contributed by atoms with E-state index in [-0.39, 0.29) is 18.5 Å². The summed E-state index contributed by atoms with van der Waals surface area (Å²) in [4.78, 5) is 15.4. The molecule has 0 saturated heterocycles. The maximum Gasteiger partial charge on any atom is 0.315 e. The summed E-state index contributed by atoms with van der Waals surface area (Å²) < 4.78 is 18.2. The number of amides is 2. The maximum absolute atomic E-state index is 12.9. The zero-order valence-electron chi connectivity index (χ0n) is 11.4. The Labute approximate surface area is 122 Å². The molecule has 0 aliphatic carbocycles. The lowest BCUT2D eigenvalue weighted by molar-refractivity contribution is 0.236. The van der Waals surface area contributed by atoms with Crippen molar-refractivity contribution in [2.75, 3.05) is 13.2 Å². The minimum atomic E-state index is -0.351. The smallest absolute Gasteiger partial charge is 0.315 e. The van der Waals surface area contributed by atoms with Crippen molar-refractivity contribution in [2.24, 2.45) is 0 Å². The average molecular weight is 289 g/mol. The second kappa shape index (κ2) is 7.84.